The Morgan fingerprint density at radius 1 is 0.333 bits per heavy atom. The van der Waals surface area contributed by atoms with Crippen LogP contribution in [0.15, 0.2) is 0 Å². The maximum absolute atomic E-state index is 11.1. The fraction of sp³-hybridized carbons (Fsp3) is 1.00. The highest BCUT2D eigenvalue weighted by atomic mass is 16.8. The van der Waals surface area contributed by atoms with Crippen LogP contribution < -0.4 is 0 Å². The van der Waals surface area contributed by atoms with Crippen LogP contribution in [0.3, 0.4) is 0 Å². The maximum Gasteiger partial charge on any atom is 0.187 e. The molecule has 0 aliphatic carbocycles. The maximum atomic E-state index is 11.1. The van der Waals surface area contributed by atoms with Gasteiger partial charge in [-0.2, -0.15) is 0 Å². The van der Waals surface area contributed by atoms with Gasteiger partial charge in [-0.3, -0.25) is 0 Å². The van der Waals surface area contributed by atoms with Crippen molar-refractivity contribution in [2.75, 3.05) is 40.1 Å². The summed E-state index contributed by atoms with van der Waals surface area (Å²) in [6.07, 6.45) is -44.1. The van der Waals surface area contributed by atoms with Crippen LogP contribution in [0.5, 0.6) is 0 Å². The van der Waals surface area contributed by atoms with Gasteiger partial charge < -0.3 is 129 Å². The minimum Gasteiger partial charge on any atom is -0.394 e. The summed E-state index contributed by atoms with van der Waals surface area (Å²) in [6, 6.07) is 0. The predicted octanol–water partition coefficient (Wildman–Crippen LogP) is -11.3. The Morgan fingerprint density at radius 3 is 1.02 bits per heavy atom. The first kappa shape index (κ1) is 47.0. The van der Waals surface area contributed by atoms with Crippen molar-refractivity contribution in [2.45, 2.75) is 154 Å². The third kappa shape index (κ3) is 9.72. The molecule has 5 heterocycles. The van der Waals surface area contributed by atoms with Gasteiger partial charge >= 0.3 is 0 Å². The molecule has 0 spiro atoms. The SMILES string of the molecule is CO[C@H]1O[C@H](CO[C@@H]2O[C@H](CO)[C@@H](O[C@@H]3O[C@H](CO)[C@H](O)[C@H](O)[C@H]3O)[C@H](O)[C@H]2O)[C@@H](O[C@@H]2O[C@H](CO)[C@@H](O[C@@H]3O[C@H](CO)[C@H](O)[C@H](O)[C@H]3O)[C@H](O)[C@H]2O)[C@H](O)[C@H]1O. The lowest BCUT2D eigenvalue weighted by molar-refractivity contribution is -0.383. The number of rotatable bonds is 14. The van der Waals surface area contributed by atoms with Gasteiger partial charge in [-0.25, -0.2) is 0 Å². The van der Waals surface area contributed by atoms with E-state index in [1.165, 1.54) is 0 Å². The van der Waals surface area contributed by atoms with Crippen LogP contribution in [-0.2, 0) is 47.4 Å². The van der Waals surface area contributed by atoms with Crippen molar-refractivity contribution in [3.8, 4) is 0 Å². The first-order valence-electron chi connectivity index (χ1n) is 18.0. The minimum atomic E-state index is -2.07. The van der Waals surface area contributed by atoms with E-state index in [0.717, 1.165) is 7.11 Å². The third-order valence-corrected chi connectivity index (χ3v) is 10.5. The molecule has 5 aliphatic heterocycles. The lowest BCUT2D eigenvalue weighted by Crippen LogP contribution is -2.67. The summed E-state index contributed by atoms with van der Waals surface area (Å²) >= 11 is 0. The molecule has 25 atom stereocenters. The molecule has 5 aliphatic rings. The van der Waals surface area contributed by atoms with Gasteiger partial charge in [0.05, 0.1) is 33.0 Å². The molecular formula is C31H54O26. The van der Waals surface area contributed by atoms with Crippen LogP contribution >= 0.6 is 0 Å². The number of ether oxygens (including phenoxy) is 10. The Hall–Kier alpha value is -1.04. The second kappa shape index (κ2) is 20.2. The minimum absolute atomic E-state index is 0.725. The zero-order valence-corrected chi connectivity index (χ0v) is 30.2. The van der Waals surface area contributed by atoms with E-state index < -0.39 is 187 Å². The number of aliphatic hydroxyl groups is 16. The van der Waals surface area contributed by atoms with Gasteiger partial charge in [0.15, 0.2) is 31.5 Å². The molecule has 334 valence electrons. The summed E-state index contributed by atoms with van der Waals surface area (Å²) in [6.45, 7) is -4.15. The number of hydrogen-bond acceptors (Lipinski definition) is 26. The molecule has 26 heteroatoms. The van der Waals surface area contributed by atoms with Crippen molar-refractivity contribution < 1.29 is 129 Å². The lowest BCUT2D eigenvalue weighted by Gasteiger charge is -2.48. The first-order chi connectivity index (χ1) is 27.0. The lowest BCUT2D eigenvalue weighted by atomic mass is 9.96. The summed E-state index contributed by atoms with van der Waals surface area (Å²) in [5.41, 5.74) is 0. The molecule has 0 aromatic heterocycles. The average Bonchev–Trinajstić information content (AvgIpc) is 3.21. The summed E-state index contributed by atoms with van der Waals surface area (Å²) in [5, 5.41) is 166. The highest BCUT2D eigenvalue weighted by Crippen LogP contribution is 2.34. The van der Waals surface area contributed by atoms with Gasteiger partial charge in [-0.1, -0.05) is 0 Å². The van der Waals surface area contributed by atoms with Crippen LogP contribution in [0, 0.1) is 0 Å². The smallest absolute Gasteiger partial charge is 0.187 e. The predicted molar refractivity (Wildman–Crippen MR) is 171 cm³/mol. The quantitative estimate of drug-likeness (QED) is 0.0772. The van der Waals surface area contributed by atoms with Gasteiger partial charge in [0.2, 0.25) is 0 Å². The van der Waals surface area contributed by atoms with Crippen LogP contribution in [-0.4, -0.2) is 275 Å². The zero-order chi connectivity index (χ0) is 42.0. The van der Waals surface area contributed by atoms with E-state index in [9.17, 15) is 81.7 Å². The van der Waals surface area contributed by atoms with E-state index >= 15 is 0 Å². The zero-order valence-electron chi connectivity index (χ0n) is 30.2. The van der Waals surface area contributed by atoms with Crippen molar-refractivity contribution in [3.05, 3.63) is 0 Å². The molecule has 5 fully saturated rings. The molecule has 0 saturated carbocycles. The molecule has 0 radical (unpaired) electrons. The third-order valence-electron chi connectivity index (χ3n) is 10.5. The number of aliphatic hydroxyl groups excluding tert-OH is 16. The highest BCUT2D eigenvalue weighted by molar-refractivity contribution is 4.98. The van der Waals surface area contributed by atoms with Gasteiger partial charge in [-0.15, -0.1) is 0 Å². The second-order valence-corrected chi connectivity index (χ2v) is 14.2. The molecule has 0 aromatic carbocycles. The van der Waals surface area contributed by atoms with Crippen LogP contribution in [0.4, 0.5) is 0 Å². The van der Waals surface area contributed by atoms with E-state index in [0.29, 0.717) is 0 Å². The summed E-state index contributed by atoms with van der Waals surface area (Å²) in [4.78, 5) is 0. The van der Waals surface area contributed by atoms with E-state index in [1.807, 2.05) is 0 Å². The molecule has 5 saturated heterocycles. The summed E-state index contributed by atoms with van der Waals surface area (Å²) in [5.74, 6) is 0. The fourth-order valence-electron chi connectivity index (χ4n) is 7.11. The molecular weight excluding hydrogens is 788 g/mol. The van der Waals surface area contributed by atoms with Crippen molar-refractivity contribution in [3.63, 3.8) is 0 Å². The molecule has 57 heavy (non-hydrogen) atoms. The molecule has 0 unspecified atom stereocenters. The number of methoxy groups -OCH3 is 1. The number of hydrogen-bond donors (Lipinski definition) is 16. The van der Waals surface area contributed by atoms with E-state index in [-0.39, 0.29) is 0 Å². The van der Waals surface area contributed by atoms with E-state index in [1.54, 1.807) is 0 Å². The molecule has 5 rings (SSSR count). The van der Waals surface area contributed by atoms with E-state index in [4.69, 9.17) is 47.4 Å². The van der Waals surface area contributed by atoms with Crippen LogP contribution in [0.2, 0.25) is 0 Å². The van der Waals surface area contributed by atoms with Gasteiger partial charge in [-0.05, 0) is 0 Å². The Labute approximate surface area is 323 Å². The Bertz CT molecular complexity index is 1220. The summed E-state index contributed by atoms with van der Waals surface area (Å²) < 4.78 is 55.0. The Morgan fingerprint density at radius 2 is 0.632 bits per heavy atom. The molecule has 0 amide bonds. The summed E-state index contributed by atoms with van der Waals surface area (Å²) in [7, 11) is 1.12. The van der Waals surface area contributed by atoms with Crippen molar-refractivity contribution in [1.29, 1.82) is 0 Å². The monoisotopic (exact) mass is 842 g/mol. The fourth-order valence-corrected chi connectivity index (χ4v) is 7.11. The topological polar surface area (TPSA) is 416 Å². The van der Waals surface area contributed by atoms with Crippen LogP contribution in [0.25, 0.3) is 0 Å². The van der Waals surface area contributed by atoms with Gasteiger partial charge in [0, 0.05) is 7.11 Å². The Kier molecular flexibility index (Phi) is 16.7. The molecule has 0 bridgehead atoms. The molecule has 26 nitrogen and oxygen atoms in total. The van der Waals surface area contributed by atoms with Crippen molar-refractivity contribution in [2.24, 2.45) is 0 Å². The van der Waals surface area contributed by atoms with Crippen molar-refractivity contribution >= 4 is 0 Å². The average molecular weight is 843 g/mol. The van der Waals surface area contributed by atoms with Gasteiger partial charge in [0.1, 0.15) is 122 Å². The second-order valence-electron chi connectivity index (χ2n) is 14.2. The Balaban J connectivity index is 1.26. The van der Waals surface area contributed by atoms with E-state index in [2.05, 4.69) is 0 Å². The van der Waals surface area contributed by atoms with Crippen molar-refractivity contribution in [1.82, 2.24) is 0 Å². The standard InChI is InChI=1S/C31H54O26/c1-48-27-21(45)16(40)26(57-31-23(47)18(42)25(10(5-35)53-31)56-30-20(44)15(39)13(37)8(3-33)51-30)11(54-27)6-49-28-22(46)17(41)24(9(4-34)52-28)55-29-19(43)14(38)12(36)7(2-32)50-29/h7-47H,2-6H2,1H3/t7-,8-,9-,10-,11-,12+,13+,14+,15+,16-,17-,18-,19-,20-,21-,22-,23-,24-,25-,26-,27+,28-,29+,30+,31+/m1/s1. The molecule has 16 N–H and O–H groups in total. The first-order valence-corrected chi connectivity index (χ1v) is 18.0. The normalized spacial score (nSPS) is 52.5. The largest absolute Gasteiger partial charge is 0.394 e. The van der Waals surface area contributed by atoms with Gasteiger partial charge in [0.25, 0.3) is 0 Å². The molecule has 0 aromatic rings. The van der Waals surface area contributed by atoms with Crippen LogP contribution in [0.1, 0.15) is 0 Å². The highest BCUT2D eigenvalue weighted by Gasteiger charge is 2.55.